The van der Waals surface area contributed by atoms with E-state index in [4.69, 9.17) is 0 Å². The molecular weight excluding hydrogens is 324 g/mol. The molecule has 1 aromatic heterocycles. The van der Waals surface area contributed by atoms with Gasteiger partial charge in [-0.05, 0) is 30.5 Å². The van der Waals surface area contributed by atoms with Crippen LogP contribution < -0.4 is 10.2 Å². The molecule has 1 aliphatic rings. The van der Waals surface area contributed by atoms with Crippen LogP contribution in [0.15, 0.2) is 24.3 Å². The monoisotopic (exact) mass is 344 g/mol. The molecule has 0 aliphatic carbocycles. The van der Waals surface area contributed by atoms with E-state index in [-0.39, 0.29) is 11.8 Å². The van der Waals surface area contributed by atoms with Gasteiger partial charge in [-0.2, -0.15) is 0 Å². The summed E-state index contributed by atoms with van der Waals surface area (Å²) in [6.45, 7) is 4.94. The van der Waals surface area contributed by atoms with Crippen molar-refractivity contribution in [3.8, 4) is 0 Å². The van der Waals surface area contributed by atoms with Crippen molar-refractivity contribution in [1.29, 1.82) is 0 Å². The zero-order chi connectivity index (χ0) is 17.1. The molecule has 1 fully saturated rings. The molecule has 1 N–H and O–H groups in total. The number of carbonyl (C=O) groups is 2. The highest BCUT2D eigenvalue weighted by molar-refractivity contribution is 7.15. The first-order valence-corrected chi connectivity index (χ1v) is 8.89. The summed E-state index contributed by atoms with van der Waals surface area (Å²) in [5, 5.41) is 12.3. The maximum absolute atomic E-state index is 12.4. The van der Waals surface area contributed by atoms with Crippen molar-refractivity contribution in [3.63, 3.8) is 0 Å². The van der Waals surface area contributed by atoms with Gasteiger partial charge in [0.25, 0.3) is 5.91 Å². The molecule has 1 aliphatic heterocycles. The van der Waals surface area contributed by atoms with Crippen LogP contribution in [0.1, 0.15) is 42.1 Å². The summed E-state index contributed by atoms with van der Waals surface area (Å²) in [7, 11) is 0. The van der Waals surface area contributed by atoms with Crippen molar-refractivity contribution in [1.82, 2.24) is 10.2 Å². The highest BCUT2D eigenvalue weighted by atomic mass is 32.1. The normalized spacial score (nSPS) is 14.5. The number of aromatic nitrogens is 2. The van der Waals surface area contributed by atoms with Gasteiger partial charge >= 0.3 is 0 Å². The largest absolute Gasteiger partial charge is 0.312 e. The predicted octanol–water partition coefficient (Wildman–Crippen LogP) is 3.12. The van der Waals surface area contributed by atoms with Gasteiger partial charge < -0.3 is 4.90 Å². The van der Waals surface area contributed by atoms with Crippen LogP contribution in [0.5, 0.6) is 0 Å². The Balaban J connectivity index is 1.71. The number of nitrogens with one attached hydrogen (secondary N) is 1. The highest BCUT2D eigenvalue weighted by Gasteiger charge is 2.22. The lowest BCUT2D eigenvalue weighted by atomic mass is 10.1. The SMILES string of the molecule is CC(C)Cc1nnc(NC(=O)c2cccc(N3CCCC3=O)c2)s1. The highest BCUT2D eigenvalue weighted by Crippen LogP contribution is 2.23. The van der Waals surface area contributed by atoms with Crippen molar-refractivity contribution in [2.45, 2.75) is 33.1 Å². The average molecular weight is 344 g/mol. The maximum atomic E-state index is 12.4. The topological polar surface area (TPSA) is 75.2 Å². The molecule has 2 aromatic rings. The Kier molecular flexibility index (Phi) is 4.89. The van der Waals surface area contributed by atoms with Gasteiger partial charge in [-0.15, -0.1) is 10.2 Å². The molecule has 0 atom stereocenters. The van der Waals surface area contributed by atoms with Crippen molar-refractivity contribution >= 4 is 34.0 Å². The third-order valence-electron chi connectivity index (χ3n) is 3.76. The number of rotatable bonds is 5. The van der Waals surface area contributed by atoms with Crippen LogP contribution in [0.4, 0.5) is 10.8 Å². The van der Waals surface area contributed by atoms with Crippen LogP contribution >= 0.6 is 11.3 Å². The number of amides is 2. The maximum Gasteiger partial charge on any atom is 0.257 e. The molecule has 24 heavy (non-hydrogen) atoms. The minimum Gasteiger partial charge on any atom is -0.312 e. The molecule has 3 rings (SSSR count). The van der Waals surface area contributed by atoms with E-state index < -0.39 is 0 Å². The Morgan fingerprint density at radius 1 is 1.38 bits per heavy atom. The lowest BCUT2D eigenvalue weighted by Crippen LogP contribution is -2.24. The molecule has 126 valence electrons. The number of anilines is 2. The van der Waals surface area contributed by atoms with Gasteiger partial charge in [-0.1, -0.05) is 31.3 Å². The molecule has 0 unspecified atom stereocenters. The first-order chi connectivity index (χ1) is 11.5. The molecule has 0 radical (unpaired) electrons. The van der Waals surface area contributed by atoms with E-state index in [0.717, 1.165) is 23.5 Å². The molecule has 0 bridgehead atoms. The third-order valence-corrected chi connectivity index (χ3v) is 4.62. The Morgan fingerprint density at radius 2 is 2.21 bits per heavy atom. The van der Waals surface area contributed by atoms with Crippen LogP contribution in [0.25, 0.3) is 0 Å². The summed E-state index contributed by atoms with van der Waals surface area (Å²) >= 11 is 1.40. The first-order valence-electron chi connectivity index (χ1n) is 8.07. The van der Waals surface area contributed by atoms with E-state index in [1.165, 1.54) is 11.3 Å². The van der Waals surface area contributed by atoms with E-state index in [0.29, 0.717) is 29.6 Å². The van der Waals surface area contributed by atoms with Gasteiger partial charge in [-0.3, -0.25) is 14.9 Å². The van der Waals surface area contributed by atoms with E-state index in [1.54, 1.807) is 23.1 Å². The Morgan fingerprint density at radius 3 is 2.92 bits per heavy atom. The molecule has 7 heteroatoms. The lowest BCUT2D eigenvalue weighted by molar-refractivity contribution is -0.117. The Bertz CT molecular complexity index is 757. The summed E-state index contributed by atoms with van der Waals surface area (Å²) in [6, 6.07) is 7.12. The lowest BCUT2D eigenvalue weighted by Gasteiger charge is -2.16. The summed E-state index contributed by atoms with van der Waals surface area (Å²) in [6.07, 6.45) is 2.28. The number of hydrogen-bond acceptors (Lipinski definition) is 5. The van der Waals surface area contributed by atoms with Crippen LogP contribution in [-0.2, 0) is 11.2 Å². The summed E-state index contributed by atoms with van der Waals surface area (Å²) in [4.78, 5) is 26.0. The average Bonchev–Trinajstić information content (AvgIpc) is 3.16. The molecule has 0 saturated carbocycles. The molecule has 1 saturated heterocycles. The van der Waals surface area contributed by atoms with Gasteiger partial charge in [-0.25, -0.2) is 0 Å². The Hall–Kier alpha value is -2.28. The predicted molar refractivity (Wildman–Crippen MR) is 94.4 cm³/mol. The zero-order valence-electron chi connectivity index (χ0n) is 13.8. The number of nitrogens with zero attached hydrogens (tertiary/aromatic N) is 3. The van der Waals surface area contributed by atoms with Crippen LogP contribution in [0, 0.1) is 5.92 Å². The molecule has 2 heterocycles. The smallest absolute Gasteiger partial charge is 0.257 e. The number of benzene rings is 1. The summed E-state index contributed by atoms with van der Waals surface area (Å²) in [5.74, 6) is 0.363. The van der Waals surface area contributed by atoms with Gasteiger partial charge in [0.2, 0.25) is 11.0 Å². The second-order valence-electron chi connectivity index (χ2n) is 6.25. The van der Waals surface area contributed by atoms with E-state index in [9.17, 15) is 9.59 Å². The molecular formula is C17H20N4O2S. The van der Waals surface area contributed by atoms with E-state index in [2.05, 4.69) is 29.4 Å². The van der Waals surface area contributed by atoms with Gasteiger partial charge in [0.15, 0.2) is 0 Å². The van der Waals surface area contributed by atoms with Gasteiger partial charge in [0.1, 0.15) is 5.01 Å². The zero-order valence-corrected chi connectivity index (χ0v) is 14.6. The minimum absolute atomic E-state index is 0.106. The standard InChI is InChI=1S/C17H20N4O2S/c1-11(2)9-14-19-20-17(24-14)18-16(23)12-5-3-6-13(10-12)21-8-4-7-15(21)22/h3,5-6,10-11H,4,7-9H2,1-2H3,(H,18,20,23). The van der Waals surface area contributed by atoms with Crippen molar-refractivity contribution < 1.29 is 9.59 Å². The van der Waals surface area contributed by atoms with Crippen LogP contribution in [0.2, 0.25) is 0 Å². The van der Waals surface area contributed by atoms with Crippen molar-refractivity contribution in [2.75, 3.05) is 16.8 Å². The van der Waals surface area contributed by atoms with E-state index >= 15 is 0 Å². The fraction of sp³-hybridized carbons (Fsp3) is 0.412. The Labute approximate surface area is 144 Å². The molecule has 6 nitrogen and oxygen atoms in total. The van der Waals surface area contributed by atoms with E-state index in [1.807, 2.05) is 6.07 Å². The third kappa shape index (κ3) is 3.79. The fourth-order valence-corrected chi connectivity index (χ4v) is 3.59. The summed E-state index contributed by atoms with van der Waals surface area (Å²) in [5.41, 5.74) is 1.27. The number of hydrogen-bond donors (Lipinski definition) is 1. The second-order valence-corrected chi connectivity index (χ2v) is 7.31. The van der Waals surface area contributed by atoms with Crippen molar-refractivity contribution in [3.05, 3.63) is 34.8 Å². The number of carbonyl (C=O) groups excluding carboxylic acids is 2. The molecule has 2 amide bonds. The van der Waals surface area contributed by atoms with Gasteiger partial charge in [0.05, 0.1) is 0 Å². The van der Waals surface area contributed by atoms with Crippen molar-refractivity contribution in [2.24, 2.45) is 5.92 Å². The van der Waals surface area contributed by atoms with Crippen LogP contribution in [-0.4, -0.2) is 28.6 Å². The fourth-order valence-electron chi connectivity index (χ4n) is 2.64. The van der Waals surface area contributed by atoms with Gasteiger partial charge in [0, 0.05) is 30.6 Å². The molecule has 0 spiro atoms. The quantitative estimate of drug-likeness (QED) is 0.904. The first kappa shape index (κ1) is 16.6. The second kappa shape index (κ2) is 7.09. The summed E-state index contributed by atoms with van der Waals surface area (Å²) < 4.78 is 0. The van der Waals surface area contributed by atoms with Crippen LogP contribution in [0.3, 0.4) is 0 Å². The minimum atomic E-state index is -0.240. The molecule has 1 aromatic carbocycles.